The second-order valence-corrected chi connectivity index (χ2v) is 7.52. The van der Waals surface area contributed by atoms with Gasteiger partial charge < -0.3 is 20.8 Å². The zero-order valence-corrected chi connectivity index (χ0v) is 15.6. The number of hydrogen-bond acceptors (Lipinski definition) is 5. The lowest BCUT2D eigenvalue weighted by atomic mass is 9.90. The Morgan fingerprint density at radius 2 is 2.04 bits per heavy atom. The molecular formula is C19H27N5O. The number of allylic oxidation sites excluding steroid dienone is 2. The molecule has 2 aromatic heterocycles. The lowest BCUT2D eigenvalue weighted by Crippen LogP contribution is -2.25. The first-order valence-corrected chi connectivity index (χ1v) is 8.55. The molecule has 134 valence electrons. The van der Waals surface area contributed by atoms with Crippen LogP contribution in [0.4, 0.5) is 5.82 Å². The molecule has 0 aliphatic heterocycles. The van der Waals surface area contributed by atoms with Gasteiger partial charge in [-0.25, -0.2) is 9.97 Å². The number of nitrogens with zero attached hydrogens (tertiary/aromatic N) is 3. The van der Waals surface area contributed by atoms with E-state index in [0.29, 0.717) is 12.4 Å². The van der Waals surface area contributed by atoms with E-state index in [2.05, 4.69) is 54.4 Å². The second kappa shape index (κ2) is 6.28. The van der Waals surface area contributed by atoms with Crippen molar-refractivity contribution in [1.82, 2.24) is 14.5 Å². The molecule has 1 aliphatic carbocycles. The van der Waals surface area contributed by atoms with Crippen LogP contribution in [-0.2, 0) is 16.8 Å². The van der Waals surface area contributed by atoms with Crippen molar-refractivity contribution < 1.29 is 4.74 Å². The van der Waals surface area contributed by atoms with Gasteiger partial charge in [-0.3, -0.25) is 0 Å². The Morgan fingerprint density at radius 1 is 1.32 bits per heavy atom. The Hall–Kier alpha value is -2.18. The van der Waals surface area contributed by atoms with Gasteiger partial charge in [0.1, 0.15) is 17.8 Å². The van der Waals surface area contributed by atoms with Crippen molar-refractivity contribution in [2.24, 2.45) is 5.73 Å². The van der Waals surface area contributed by atoms with Crippen LogP contribution in [0.1, 0.15) is 45.4 Å². The van der Waals surface area contributed by atoms with Gasteiger partial charge in [0, 0.05) is 30.5 Å². The van der Waals surface area contributed by atoms with Crippen LogP contribution in [-0.4, -0.2) is 27.7 Å². The highest BCUT2D eigenvalue weighted by molar-refractivity contribution is 6.02. The van der Waals surface area contributed by atoms with E-state index in [9.17, 15) is 0 Å². The molecule has 0 radical (unpaired) electrons. The molecule has 0 aromatic carbocycles. The third-order valence-corrected chi connectivity index (χ3v) is 4.76. The van der Waals surface area contributed by atoms with E-state index in [0.717, 1.165) is 34.3 Å². The molecule has 0 unspecified atom stereocenters. The van der Waals surface area contributed by atoms with Crippen LogP contribution >= 0.6 is 0 Å². The first-order valence-electron chi connectivity index (χ1n) is 8.55. The summed E-state index contributed by atoms with van der Waals surface area (Å²) in [5, 5.41) is 0.882. The average molecular weight is 341 g/mol. The number of ether oxygens (including phenoxy) is 1. The lowest BCUT2D eigenvalue weighted by Gasteiger charge is -2.26. The fourth-order valence-corrected chi connectivity index (χ4v) is 3.67. The van der Waals surface area contributed by atoms with Gasteiger partial charge in [0.25, 0.3) is 0 Å². The summed E-state index contributed by atoms with van der Waals surface area (Å²) in [5.74, 6) is 0.486. The van der Waals surface area contributed by atoms with Crippen molar-refractivity contribution in [3.05, 3.63) is 35.3 Å². The molecule has 2 heterocycles. The average Bonchev–Trinajstić information content (AvgIpc) is 2.90. The molecule has 0 bridgehead atoms. The topological polar surface area (TPSA) is 92.0 Å². The van der Waals surface area contributed by atoms with Gasteiger partial charge in [0.15, 0.2) is 0 Å². The first-order chi connectivity index (χ1) is 11.8. The minimum absolute atomic E-state index is 0.106. The zero-order valence-electron chi connectivity index (χ0n) is 15.6. The van der Waals surface area contributed by atoms with E-state index < -0.39 is 0 Å². The van der Waals surface area contributed by atoms with Crippen molar-refractivity contribution in [1.29, 1.82) is 0 Å². The standard InChI is InChI=1S/C19H27N5O/c1-11-8-12(25-5)6-7-13(11)15-14(9-20)24(19(2,3)4)18-16(15)17(21)22-10-23-18/h6-7,10,12H,8-9,20H2,1-5H3,(H2,21,22,23)/t12-/m0/s1. The Morgan fingerprint density at radius 3 is 2.60 bits per heavy atom. The summed E-state index contributed by atoms with van der Waals surface area (Å²) in [7, 11) is 1.73. The number of hydrogen-bond donors (Lipinski definition) is 2. The molecule has 1 aliphatic rings. The largest absolute Gasteiger partial charge is 0.383 e. The summed E-state index contributed by atoms with van der Waals surface area (Å²) in [6, 6.07) is 0. The van der Waals surface area contributed by atoms with Gasteiger partial charge in [-0.2, -0.15) is 0 Å². The fourth-order valence-electron chi connectivity index (χ4n) is 3.67. The third kappa shape index (κ3) is 2.85. The van der Waals surface area contributed by atoms with Crippen LogP contribution in [0, 0.1) is 0 Å². The lowest BCUT2D eigenvalue weighted by molar-refractivity contribution is 0.140. The van der Waals surface area contributed by atoms with Gasteiger partial charge in [-0.15, -0.1) is 0 Å². The Bertz CT molecular complexity index is 870. The Balaban J connectivity index is 2.38. The molecule has 0 saturated carbocycles. The number of anilines is 1. The Labute approximate surface area is 148 Å². The van der Waals surface area contributed by atoms with E-state index in [1.54, 1.807) is 7.11 Å². The molecular weight excluding hydrogens is 314 g/mol. The number of rotatable bonds is 3. The SMILES string of the molecule is CO[C@H]1C=CC(c2c(CN)n(C(C)(C)C)c3ncnc(N)c23)=C(C)C1. The maximum atomic E-state index is 6.27. The van der Waals surface area contributed by atoms with Gasteiger partial charge >= 0.3 is 0 Å². The van der Waals surface area contributed by atoms with Crippen LogP contribution in [0.3, 0.4) is 0 Å². The molecule has 1 atom stereocenters. The first kappa shape index (κ1) is 17.6. The predicted octanol–water partition coefficient (Wildman–Crippen LogP) is 2.98. The Kier molecular flexibility index (Phi) is 4.43. The second-order valence-electron chi connectivity index (χ2n) is 7.52. The molecule has 0 fully saturated rings. The highest BCUT2D eigenvalue weighted by Gasteiger charge is 2.29. The number of nitrogens with two attached hydrogens (primary N) is 2. The van der Waals surface area contributed by atoms with Gasteiger partial charge in [0.2, 0.25) is 0 Å². The minimum atomic E-state index is -0.173. The van der Waals surface area contributed by atoms with E-state index in [1.165, 1.54) is 11.9 Å². The van der Waals surface area contributed by atoms with Crippen LogP contribution < -0.4 is 11.5 Å². The molecule has 0 saturated heterocycles. The molecule has 6 heteroatoms. The fraction of sp³-hybridized carbons (Fsp3) is 0.474. The minimum Gasteiger partial charge on any atom is -0.383 e. The van der Waals surface area contributed by atoms with E-state index in [4.69, 9.17) is 16.2 Å². The van der Waals surface area contributed by atoms with E-state index in [1.807, 2.05) is 0 Å². The van der Waals surface area contributed by atoms with Crippen LogP contribution in [0.5, 0.6) is 0 Å². The van der Waals surface area contributed by atoms with E-state index in [-0.39, 0.29) is 11.6 Å². The van der Waals surface area contributed by atoms with Crippen LogP contribution in [0.2, 0.25) is 0 Å². The molecule has 2 aromatic rings. The zero-order chi connectivity index (χ0) is 18.4. The molecule has 0 amide bonds. The normalized spacial score (nSPS) is 18.4. The van der Waals surface area contributed by atoms with Crippen molar-refractivity contribution in [3.8, 4) is 0 Å². The van der Waals surface area contributed by atoms with Crippen molar-refractivity contribution >= 4 is 22.4 Å². The molecule has 6 nitrogen and oxygen atoms in total. The predicted molar refractivity (Wildman–Crippen MR) is 102 cm³/mol. The van der Waals surface area contributed by atoms with Gasteiger partial charge in [-0.05, 0) is 39.7 Å². The summed E-state index contributed by atoms with van der Waals surface area (Å²) >= 11 is 0. The maximum absolute atomic E-state index is 6.27. The van der Waals surface area contributed by atoms with Crippen LogP contribution in [0.25, 0.3) is 16.6 Å². The van der Waals surface area contributed by atoms with Crippen molar-refractivity contribution in [2.45, 2.75) is 52.3 Å². The van der Waals surface area contributed by atoms with Gasteiger partial charge in [-0.1, -0.05) is 17.7 Å². The highest BCUT2D eigenvalue weighted by atomic mass is 16.5. The molecule has 3 rings (SSSR count). The molecule has 25 heavy (non-hydrogen) atoms. The summed E-state index contributed by atoms with van der Waals surface area (Å²) in [6.07, 6.45) is 6.67. The number of nitrogen functional groups attached to an aromatic ring is 1. The summed E-state index contributed by atoms with van der Waals surface area (Å²) < 4.78 is 7.66. The smallest absolute Gasteiger partial charge is 0.146 e. The third-order valence-electron chi connectivity index (χ3n) is 4.76. The van der Waals surface area contributed by atoms with Crippen LogP contribution in [0.15, 0.2) is 24.1 Å². The van der Waals surface area contributed by atoms with Gasteiger partial charge in [0.05, 0.1) is 11.5 Å². The van der Waals surface area contributed by atoms with Crippen molar-refractivity contribution in [2.75, 3.05) is 12.8 Å². The number of methoxy groups -OCH3 is 1. The summed E-state index contributed by atoms with van der Waals surface area (Å²) in [6.45, 7) is 8.97. The summed E-state index contributed by atoms with van der Waals surface area (Å²) in [5.41, 5.74) is 17.6. The molecule has 4 N–H and O–H groups in total. The summed E-state index contributed by atoms with van der Waals surface area (Å²) in [4.78, 5) is 8.76. The van der Waals surface area contributed by atoms with E-state index >= 15 is 0 Å². The van der Waals surface area contributed by atoms with Crippen molar-refractivity contribution in [3.63, 3.8) is 0 Å². The number of aromatic nitrogens is 3. The maximum Gasteiger partial charge on any atom is 0.146 e. The molecule has 0 spiro atoms. The monoisotopic (exact) mass is 341 g/mol. The number of fused-ring (bicyclic) bond motifs is 1. The highest BCUT2D eigenvalue weighted by Crippen LogP contribution is 2.40. The quantitative estimate of drug-likeness (QED) is 0.895.